The molecular formula is C15H31N7O4S. The van der Waals surface area contributed by atoms with Crippen LogP contribution in [-0.2, 0) is 14.4 Å². The SMILES string of the molecule is N=C(N)NCCC[C@H](NC(=O)[C@H](CCCCN)NC(=O)[C@@H](N)CS)C(=O)O. The van der Waals surface area contributed by atoms with Crippen molar-refractivity contribution in [1.29, 1.82) is 5.41 Å². The molecule has 0 aromatic rings. The molecule has 0 unspecified atom stereocenters. The third kappa shape index (κ3) is 11.3. The average molecular weight is 406 g/mol. The lowest BCUT2D eigenvalue weighted by Gasteiger charge is -2.22. The highest BCUT2D eigenvalue weighted by molar-refractivity contribution is 7.80. The first-order valence-electron chi connectivity index (χ1n) is 8.70. The van der Waals surface area contributed by atoms with Crippen LogP contribution in [0.25, 0.3) is 0 Å². The molecule has 11 N–H and O–H groups in total. The van der Waals surface area contributed by atoms with Crippen LogP contribution in [0.5, 0.6) is 0 Å². The van der Waals surface area contributed by atoms with E-state index in [4.69, 9.17) is 22.6 Å². The van der Waals surface area contributed by atoms with Crippen LogP contribution in [0.4, 0.5) is 0 Å². The Morgan fingerprint density at radius 1 is 1.04 bits per heavy atom. The largest absolute Gasteiger partial charge is 0.480 e. The Bertz CT molecular complexity index is 507. The van der Waals surface area contributed by atoms with Gasteiger partial charge in [0.25, 0.3) is 0 Å². The van der Waals surface area contributed by atoms with Gasteiger partial charge in [-0.3, -0.25) is 15.0 Å². The molecule has 0 bridgehead atoms. The number of hydrogen-bond donors (Lipinski definition) is 9. The Morgan fingerprint density at radius 3 is 2.15 bits per heavy atom. The Hall–Kier alpha value is -2.05. The van der Waals surface area contributed by atoms with Crippen LogP contribution in [0, 0.1) is 5.41 Å². The molecule has 0 spiro atoms. The molecule has 0 radical (unpaired) electrons. The van der Waals surface area contributed by atoms with Gasteiger partial charge in [-0.1, -0.05) is 0 Å². The smallest absolute Gasteiger partial charge is 0.326 e. The maximum atomic E-state index is 12.5. The second kappa shape index (κ2) is 14.1. The Labute approximate surface area is 164 Å². The fourth-order valence-electron chi connectivity index (χ4n) is 2.18. The van der Waals surface area contributed by atoms with E-state index in [-0.39, 0.29) is 18.1 Å². The summed E-state index contributed by atoms with van der Waals surface area (Å²) in [7, 11) is 0. The minimum atomic E-state index is -1.19. The highest BCUT2D eigenvalue weighted by Gasteiger charge is 2.27. The van der Waals surface area contributed by atoms with E-state index < -0.39 is 35.9 Å². The molecule has 2 amide bonds. The number of carboxylic acids is 1. The standard InChI is InChI=1S/C15H31N7O4S/c16-6-2-1-4-10(21-12(23)9(17)8-27)13(24)22-11(14(25)26)5-3-7-20-15(18)19/h9-11,27H,1-8,16-17H2,(H,21,23)(H,22,24)(H,25,26)(H4,18,19,20)/t9-,10-,11-/m0/s1. The van der Waals surface area contributed by atoms with Crippen molar-refractivity contribution < 1.29 is 19.5 Å². The van der Waals surface area contributed by atoms with Crippen LogP contribution in [-0.4, -0.2) is 65.8 Å². The zero-order chi connectivity index (χ0) is 20.8. The van der Waals surface area contributed by atoms with Crippen molar-refractivity contribution in [1.82, 2.24) is 16.0 Å². The molecule has 0 saturated carbocycles. The zero-order valence-corrected chi connectivity index (χ0v) is 16.1. The van der Waals surface area contributed by atoms with E-state index in [0.717, 1.165) is 0 Å². The number of hydrogen-bond acceptors (Lipinski definition) is 7. The highest BCUT2D eigenvalue weighted by Crippen LogP contribution is 2.04. The predicted octanol–water partition coefficient (Wildman–Crippen LogP) is -2.31. The van der Waals surface area contributed by atoms with Crippen molar-refractivity contribution in [2.24, 2.45) is 17.2 Å². The highest BCUT2D eigenvalue weighted by atomic mass is 32.1. The van der Waals surface area contributed by atoms with Gasteiger partial charge in [0.2, 0.25) is 11.8 Å². The van der Waals surface area contributed by atoms with Gasteiger partial charge in [0.1, 0.15) is 12.1 Å². The lowest BCUT2D eigenvalue weighted by molar-refractivity contribution is -0.142. The number of unbranched alkanes of at least 4 members (excludes halogenated alkanes) is 1. The molecule has 0 aliphatic rings. The van der Waals surface area contributed by atoms with Crippen LogP contribution in [0.3, 0.4) is 0 Å². The number of nitrogens with one attached hydrogen (secondary N) is 4. The molecule has 0 aliphatic carbocycles. The minimum absolute atomic E-state index is 0.115. The van der Waals surface area contributed by atoms with Gasteiger partial charge in [0, 0.05) is 12.3 Å². The Balaban J connectivity index is 4.84. The van der Waals surface area contributed by atoms with Crippen molar-refractivity contribution in [2.45, 2.75) is 50.2 Å². The first-order chi connectivity index (χ1) is 12.7. The summed E-state index contributed by atoms with van der Waals surface area (Å²) >= 11 is 3.95. The summed E-state index contributed by atoms with van der Waals surface area (Å²) in [5.41, 5.74) is 16.2. The van der Waals surface area contributed by atoms with Gasteiger partial charge in [-0.05, 0) is 38.6 Å². The summed E-state index contributed by atoms with van der Waals surface area (Å²) in [6.45, 7) is 0.752. The molecule has 0 rings (SSSR count). The Kier molecular flexibility index (Phi) is 13.0. The van der Waals surface area contributed by atoms with E-state index >= 15 is 0 Å². The third-order valence-corrected chi connectivity index (χ3v) is 4.11. The van der Waals surface area contributed by atoms with Crippen LogP contribution in [0.15, 0.2) is 0 Å². The molecule has 0 aromatic heterocycles. The summed E-state index contributed by atoms with van der Waals surface area (Å²) in [4.78, 5) is 35.8. The second-order valence-electron chi connectivity index (χ2n) is 6.02. The van der Waals surface area contributed by atoms with E-state index in [2.05, 4.69) is 28.6 Å². The fraction of sp³-hybridized carbons (Fsp3) is 0.733. The lowest BCUT2D eigenvalue weighted by atomic mass is 10.1. The summed E-state index contributed by atoms with van der Waals surface area (Å²) in [6, 6.07) is -2.91. The Morgan fingerprint density at radius 2 is 1.63 bits per heavy atom. The van der Waals surface area contributed by atoms with Gasteiger partial charge in [-0.2, -0.15) is 12.6 Å². The molecule has 3 atom stereocenters. The zero-order valence-electron chi connectivity index (χ0n) is 15.2. The first-order valence-corrected chi connectivity index (χ1v) is 9.34. The number of amides is 2. The van der Waals surface area contributed by atoms with Crippen LogP contribution in [0.1, 0.15) is 32.1 Å². The quantitative estimate of drug-likeness (QED) is 0.0661. The number of carboxylic acid groups (broad SMARTS) is 1. The molecule has 0 heterocycles. The number of rotatable bonds is 14. The van der Waals surface area contributed by atoms with Gasteiger partial charge >= 0.3 is 5.97 Å². The molecule has 0 fully saturated rings. The summed E-state index contributed by atoms with van der Waals surface area (Å²) in [5.74, 6) is -2.42. The maximum absolute atomic E-state index is 12.5. The first kappa shape index (κ1) is 24.9. The monoisotopic (exact) mass is 405 g/mol. The molecule has 0 aliphatic heterocycles. The molecule has 156 valence electrons. The van der Waals surface area contributed by atoms with Crippen molar-refractivity contribution in [3.63, 3.8) is 0 Å². The van der Waals surface area contributed by atoms with E-state index in [0.29, 0.717) is 38.8 Å². The van der Waals surface area contributed by atoms with Crippen molar-refractivity contribution in [3.05, 3.63) is 0 Å². The normalized spacial score (nSPS) is 13.9. The van der Waals surface area contributed by atoms with Crippen LogP contribution < -0.4 is 33.2 Å². The van der Waals surface area contributed by atoms with Gasteiger partial charge in [0.15, 0.2) is 5.96 Å². The molecule has 11 nitrogen and oxygen atoms in total. The molecule has 0 saturated heterocycles. The number of guanidine groups is 1. The summed E-state index contributed by atoms with van der Waals surface area (Å²) in [5, 5.41) is 23.9. The summed E-state index contributed by atoms with van der Waals surface area (Å²) < 4.78 is 0. The lowest BCUT2D eigenvalue weighted by Crippen LogP contribution is -2.54. The molecule has 12 heteroatoms. The van der Waals surface area contributed by atoms with Gasteiger partial charge in [-0.15, -0.1) is 0 Å². The topological polar surface area (TPSA) is 209 Å². The van der Waals surface area contributed by atoms with E-state index in [1.807, 2.05) is 0 Å². The number of aliphatic carboxylic acids is 1. The van der Waals surface area contributed by atoms with Crippen molar-refractivity contribution in [2.75, 3.05) is 18.8 Å². The fourth-order valence-corrected chi connectivity index (χ4v) is 2.35. The van der Waals surface area contributed by atoms with E-state index in [1.165, 1.54) is 0 Å². The second-order valence-corrected chi connectivity index (χ2v) is 6.38. The van der Waals surface area contributed by atoms with Gasteiger partial charge in [0.05, 0.1) is 6.04 Å². The summed E-state index contributed by atoms with van der Waals surface area (Å²) in [6.07, 6.45) is 2.08. The number of thiol groups is 1. The molecule has 0 aromatic carbocycles. The number of carbonyl (C=O) groups excluding carboxylic acids is 2. The molecule has 27 heavy (non-hydrogen) atoms. The number of carbonyl (C=O) groups is 3. The van der Waals surface area contributed by atoms with E-state index in [9.17, 15) is 19.5 Å². The predicted molar refractivity (Wildman–Crippen MR) is 105 cm³/mol. The maximum Gasteiger partial charge on any atom is 0.326 e. The number of nitrogens with two attached hydrogens (primary N) is 3. The van der Waals surface area contributed by atoms with Crippen molar-refractivity contribution in [3.8, 4) is 0 Å². The van der Waals surface area contributed by atoms with Gasteiger partial charge in [-0.25, -0.2) is 4.79 Å². The van der Waals surface area contributed by atoms with Crippen LogP contribution >= 0.6 is 12.6 Å². The van der Waals surface area contributed by atoms with Crippen molar-refractivity contribution >= 4 is 36.4 Å². The van der Waals surface area contributed by atoms with Crippen LogP contribution in [0.2, 0.25) is 0 Å². The van der Waals surface area contributed by atoms with E-state index in [1.54, 1.807) is 0 Å². The average Bonchev–Trinajstić information content (AvgIpc) is 2.61. The molecular weight excluding hydrogens is 374 g/mol. The third-order valence-electron chi connectivity index (χ3n) is 3.71. The van der Waals surface area contributed by atoms with Gasteiger partial charge < -0.3 is 38.3 Å². The minimum Gasteiger partial charge on any atom is -0.480 e.